The summed E-state index contributed by atoms with van der Waals surface area (Å²) in [6, 6.07) is 0. The van der Waals surface area contributed by atoms with E-state index in [1.165, 1.54) is 0 Å². The van der Waals surface area contributed by atoms with Gasteiger partial charge in [0.15, 0.2) is 6.73 Å². The van der Waals surface area contributed by atoms with Gasteiger partial charge < -0.3 is 5.32 Å². The Morgan fingerprint density at radius 2 is 2.12 bits per heavy atom. The van der Waals surface area contributed by atoms with Crippen molar-refractivity contribution in [2.24, 2.45) is 5.92 Å². The lowest BCUT2D eigenvalue weighted by atomic mass is 10.2. The molecule has 0 bridgehead atoms. The number of amides is 1. The molecule has 0 aliphatic carbocycles. The molecule has 1 amide bonds. The van der Waals surface area contributed by atoms with Gasteiger partial charge in [0.2, 0.25) is 5.91 Å². The van der Waals surface area contributed by atoms with E-state index in [0.29, 0.717) is 0 Å². The van der Waals surface area contributed by atoms with Gasteiger partial charge in [-0.25, -0.2) is 5.11 Å². The maximum atomic E-state index is 10.4. The Bertz CT molecular complexity index is 80.5. The summed E-state index contributed by atoms with van der Waals surface area (Å²) in [5.74, 6) is -0.260. The third-order valence-electron chi connectivity index (χ3n) is 0.771. The van der Waals surface area contributed by atoms with Gasteiger partial charge in [0.25, 0.3) is 0 Å². The fourth-order valence-corrected chi connectivity index (χ4v) is 0.275. The van der Waals surface area contributed by atoms with Crippen molar-refractivity contribution in [3.05, 3.63) is 0 Å². The molecule has 0 saturated heterocycles. The molecular formula is C5H10NO2. The summed E-state index contributed by atoms with van der Waals surface area (Å²) in [4.78, 5) is 10.4. The molecule has 1 radical (unpaired) electrons. The lowest BCUT2D eigenvalue weighted by Gasteiger charge is -2.00. The minimum Gasteiger partial charge on any atom is -0.330 e. The largest absolute Gasteiger partial charge is 0.330 e. The number of rotatable bonds is 2. The third-order valence-corrected chi connectivity index (χ3v) is 0.771. The molecule has 0 atom stereocenters. The summed E-state index contributed by atoms with van der Waals surface area (Å²) >= 11 is 0. The van der Waals surface area contributed by atoms with Crippen molar-refractivity contribution in [1.82, 2.24) is 5.32 Å². The van der Waals surface area contributed by atoms with E-state index >= 15 is 0 Å². The van der Waals surface area contributed by atoms with Gasteiger partial charge in [0, 0.05) is 5.92 Å². The van der Waals surface area contributed by atoms with Crippen molar-refractivity contribution in [3.8, 4) is 0 Å². The molecule has 0 rings (SSSR count). The summed E-state index contributed by atoms with van der Waals surface area (Å²) in [6.07, 6.45) is 0. The Kier molecular flexibility index (Phi) is 3.19. The van der Waals surface area contributed by atoms with Crippen LogP contribution >= 0.6 is 0 Å². The second-order valence-electron chi connectivity index (χ2n) is 1.84. The lowest BCUT2D eigenvalue weighted by molar-refractivity contribution is -0.125. The van der Waals surface area contributed by atoms with Crippen LogP contribution in [-0.2, 0) is 9.90 Å². The van der Waals surface area contributed by atoms with Crippen molar-refractivity contribution in [2.75, 3.05) is 6.73 Å². The Labute approximate surface area is 48.7 Å². The first kappa shape index (κ1) is 7.43. The van der Waals surface area contributed by atoms with E-state index in [0.717, 1.165) is 0 Å². The zero-order valence-electron chi connectivity index (χ0n) is 5.10. The first-order valence-electron chi connectivity index (χ1n) is 2.54. The second kappa shape index (κ2) is 3.43. The van der Waals surface area contributed by atoms with E-state index in [4.69, 9.17) is 0 Å². The SMILES string of the molecule is CC(C)C(=O)NC[O]. The quantitative estimate of drug-likeness (QED) is 0.513. The standard InChI is InChI=1S/C5H10NO2/c1-4(2)5(8)6-3-7/h4H,3H2,1-2H3,(H,6,8). The van der Waals surface area contributed by atoms with Crippen LogP contribution in [0.1, 0.15) is 13.8 Å². The Hall–Kier alpha value is -0.570. The third kappa shape index (κ3) is 2.58. The molecule has 0 aliphatic rings. The maximum Gasteiger partial charge on any atom is 0.224 e. The van der Waals surface area contributed by atoms with E-state index in [9.17, 15) is 9.90 Å². The van der Waals surface area contributed by atoms with E-state index in [-0.39, 0.29) is 11.8 Å². The summed E-state index contributed by atoms with van der Waals surface area (Å²) in [5.41, 5.74) is 0. The van der Waals surface area contributed by atoms with Crippen molar-refractivity contribution < 1.29 is 9.90 Å². The van der Waals surface area contributed by atoms with Crippen LogP contribution in [0.25, 0.3) is 0 Å². The van der Waals surface area contributed by atoms with Crippen LogP contribution in [0.15, 0.2) is 0 Å². The van der Waals surface area contributed by atoms with Crippen molar-refractivity contribution in [3.63, 3.8) is 0 Å². The van der Waals surface area contributed by atoms with Gasteiger partial charge in [-0.3, -0.25) is 4.79 Å². The molecule has 0 unspecified atom stereocenters. The lowest BCUT2D eigenvalue weighted by Crippen LogP contribution is -2.27. The normalized spacial score (nSPS) is 9.50. The van der Waals surface area contributed by atoms with Crippen LogP contribution in [0.2, 0.25) is 0 Å². The number of carbonyl (C=O) groups is 1. The molecule has 47 valence electrons. The highest BCUT2D eigenvalue weighted by Gasteiger charge is 2.03. The monoisotopic (exact) mass is 116 g/mol. The smallest absolute Gasteiger partial charge is 0.224 e. The van der Waals surface area contributed by atoms with Crippen LogP contribution in [0.3, 0.4) is 0 Å². The zero-order chi connectivity index (χ0) is 6.57. The van der Waals surface area contributed by atoms with Crippen LogP contribution in [0.5, 0.6) is 0 Å². The molecule has 3 nitrogen and oxygen atoms in total. The summed E-state index contributed by atoms with van der Waals surface area (Å²) in [7, 11) is 0. The van der Waals surface area contributed by atoms with E-state index in [1.807, 2.05) is 0 Å². The van der Waals surface area contributed by atoms with Gasteiger partial charge >= 0.3 is 0 Å². The molecule has 0 aliphatic heterocycles. The van der Waals surface area contributed by atoms with Crippen LogP contribution in [-0.4, -0.2) is 12.6 Å². The van der Waals surface area contributed by atoms with Crippen molar-refractivity contribution in [2.45, 2.75) is 13.8 Å². The number of hydrogen-bond acceptors (Lipinski definition) is 1. The van der Waals surface area contributed by atoms with Crippen molar-refractivity contribution >= 4 is 5.91 Å². The van der Waals surface area contributed by atoms with Gasteiger partial charge in [0.05, 0.1) is 0 Å². The predicted molar refractivity (Wildman–Crippen MR) is 28.5 cm³/mol. The highest BCUT2D eigenvalue weighted by Crippen LogP contribution is 1.88. The average molecular weight is 116 g/mol. The summed E-state index contributed by atoms with van der Waals surface area (Å²) in [6.45, 7) is 2.97. The number of nitrogens with one attached hydrogen (secondary N) is 1. The molecule has 0 aromatic carbocycles. The molecule has 1 N–H and O–H groups in total. The molecule has 0 saturated carbocycles. The van der Waals surface area contributed by atoms with Gasteiger partial charge in [0.1, 0.15) is 0 Å². The maximum absolute atomic E-state index is 10.4. The van der Waals surface area contributed by atoms with Crippen molar-refractivity contribution in [1.29, 1.82) is 0 Å². The summed E-state index contributed by atoms with van der Waals surface area (Å²) in [5, 5.41) is 11.9. The first-order valence-corrected chi connectivity index (χ1v) is 2.54. The molecule has 0 fully saturated rings. The summed E-state index contributed by atoms with van der Waals surface area (Å²) < 4.78 is 0. The second-order valence-corrected chi connectivity index (χ2v) is 1.84. The first-order chi connectivity index (χ1) is 3.68. The molecule has 8 heavy (non-hydrogen) atoms. The molecule has 0 spiro atoms. The Balaban J connectivity index is 3.33. The predicted octanol–water partition coefficient (Wildman–Crippen LogP) is 0.147. The topological polar surface area (TPSA) is 49.0 Å². The van der Waals surface area contributed by atoms with E-state index in [2.05, 4.69) is 5.32 Å². The number of hydrogen-bond donors (Lipinski definition) is 1. The molecule has 0 aromatic rings. The van der Waals surface area contributed by atoms with Gasteiger partial charge in [-0.1, -0.05) is 13.8 Å². The average Bonchev–Trinajstić information content (AvgIpc) is 1.67. The van der Waals surface area contributed by atoms with Crippen LogP contribution in [0.4, 0.5) is 0 Å². The van der Waals surface area contributed by atoms with Gasteiger partial charge in [-0.05, 0) is 0 Å². The molecule has 3 heteroatoms. The fraction of sp³-hybridized carbons (Fsp3) is 0.800. The highest BCUT2D eigenvalue weighted by molar-refractivity contribution is 5.77. The fourth-order valence-electron chi connectivity index (χ4n) is 0.275. The molecule has 0 aromatic heterocycles. The number of carbonyl (C=O) groups excluding carboxylic acids is 1. The van der Waals surface area contributed by atoms with Gasteiger partial charge in [-0.15, -0.1) is 0 Å². The minimum atomic E-state index is -0.517. The highest BCUT2D eigenvalue weighted by atomic mass is 16.3. The van der Waals surface area contributed by atoms with Crippen LogP contribution in [0, 0.1) is 5.92 Å². The minimum absolute atomic E-state index is 0.0797. The molecular weight excluding hydrogens is 106 g/mol. The van der Waals surface area contributed by atoms with E-state index in [1.54, 1.807) is 13.8 Å². The Morgan fingerprint density at radius 1 is 1.62 bits per heavy atom. The van der Waals surface area contributed by atoms with E-state index < -0.39 is 6.73 Å². The van der Waals surface area contributed by atoms with Gasteiger partial charge in [-0.2, -0.15) is 0 Å². The molecule has 0 heterocycles. The zero-order valence-corrected chi connectivity index (χ0v) is 5.10. The van der Waals surface area contributed by atoms with Crippen LogP contribution < -0.4 is 5.32 Å². The Morgan fingerprint density at radius 3 is 2.25 bits per heavy atom.